The average molecular weight is 286 g/mol. The first-order valence-electron chi connectivity index (χ1n) is 6.14. The molecule has 9 nitrogen and oxygen atoms in total. The molecule has 1 aliphatic rings. The van der Waals surface area contributed by atoms with Crippen LogP contribution in [0, 0.1) is 0 Å². The lowest BCUT2D eigenvalue weighted by atomic mass is 10.1. The second-order valence-corrected chi connectivity index (χ2v) is 4.61. The lowest BCUT2D eigenvalue weighted by Gasteiger charge is -2.17. The summed E-state index contributed by atoms with van der Waals surface area (Å²) in [6, 6.07) is -2.63. The molecule has 0 aromatic rings. The van der Waals surface area contributed by atoms with Crippen LogP contribution in [0.1, 0.15) is 19.3 Å². The molecule has 1 heterocycles. The van der Waals surface area contributed by atoms with Gasteiger partial charge in [0, 0.05) is 20.0 Å². The Balaban J connectivity index is 2.48. The Hall–Kier alpha value is -2.32. The van der Waals surface area contributed by atoms with Gasteiger partial charge in [-0.1, -0.05) is 0 Å². The number of likely N-dealkylation sites (N-methyl/N-ethyl adjacent to an activating group) is 1. The molecule has 1 unspecified atom stereocenters. The molecular formula is C11H18N4O5. The van der Waals surface area contributed by atoms with Gasteiger partial charge in [-0.2, -0.15) is 0 Å². The third-order valence-electron chi connectivity index (χ3n) is 3.02. The predicted octanol–water partition coefficient (Wildman–Crippen LogP) is -1.76. The van der Waals surface area contributed by atoms with Gasteiger partial charge in [0.05, 0.1) is 0 Å². The number of aliphatic carboxylic acids is 1. The lowest BCUT2D eigenvalue weighted by Crippen LogP contribution is -2.50. The van der Waals surface area contributed by atoms with Gasteiger partial charge in [0.1, 0.15) is 12.1 Å². The van der Waals surface area contributed by atoms with E-state index in [4.69, 9.17) is 10.8 Å². The van der Waals surface area contributed by atoms with Crippen molar-refractivity contribution in [3.63, 3.8) is 0 Å². The topological polar surface area (TPSA) is 142 Å². The molecule has 1 fully saturated rings. The maximum atomic E-state index is 11.6. The van der Waals surface area contributed by atoms with Crippen molar-refractivity contribution in [3.8, 4) is 0 Å². The number of likely N-dealkylation sites (tertiary alicyclic amines) is 1. The number of rotatable bonds is 6. The summed E-state index contributed by atoms with van der Waals surface area (Å²) >= 11 is 0. The largest absolute Gasteiger partial charge is 0.480 e. The van der Waals surface area contributed by atoms with Crippen molar-refractivity contribution in [2.45, 2.75) is 31.3 Å². The molecule has 0 bridgehead atoms. The minimum atomic E-state index is -1.27. The number of carboxylic acids is 1. The maximum Gasteiger partial charge on any atom is 0.326 e. The summed E-state index contributed by atoms with van der Waals surface area (Å²) in [6.07, 6.45) is 0.223. The molecule has 0 aromatic carbocycles. The fourth-order valence-corrected chi connectivity index (χ4v) is 1.86. The molecule has 5 N–H and O–H groups in total. The zero-order chi connectivity index (χ0) is 15.3. The number of carbonyl (C=O) groups is 4. The van der Waals surface area contributed by atoms with E-state index >= 15 is 0 Å². The van der Waals surface area contributed by atoms with Crippen molar-refractivity contribution in [1.82, 2.24) is 15.5 Å². The number of primary amides is 1. The second-order valence-electron chi connectivity index (χ2n) is 4.61. The van der Waals surface area contributed by atoms with Crippen molar-refractivity contribution in [1.29, 1.82) is 0 Å². The first-order valence-corrected chi connectivity index (χ1v) is 6.14. The third kappa shape index (κ3) is 4.41. The van der Waals surface area contributed by atoms with Crippen LogP contribution in [-0.4, -0.2) is 59.5 Å². The molecule has 4 amide bonds. The van der Waals surface area contributed by atoms with E-state index in [-0.39, 0.29) is 18.7 Å². The van der Waals surface area contributed by atoms with Gasteiger partial charge in [-0.25, -0.2) is 9.59 Å². The highest BCUT2D eigenvalue weighted by atomic mass is 16.4. The first-order chi connectivity index (χ1) is 9.31. The predicted molar refractivity (Wildman–Crippen MR) is 67.6 cm³/mol. The molecule has 0 aromatic heterocycles. The molecule has 112 valence electrons. The number of urea groups is 1. The van der Waals surface area contributed by atoms with E-state index in [0.717, 1.165) is 0 Å². The molecule has 1 rings (SSSR count). The second kappa shape index (κ2) is 6.73. The van der Waals surface area contributed by atoms with Crippen LogP contribution < -0.4 is 16.4 Å². The van der Waals surface area contributed by atoms with E-state index in [1.807, 2.05) is 0 Å². The minimum Gasteiger partial charge on any atom is -0.480 e. The zero-order valence-electron chi connectivity index (χ0n) is 11.1. The summed E-state index contributed by atoms with van der Waals surface area (Å²) in [5, 5.41) is 13.5. The lowest BCUT2D eigenvalue weighted by molar-refractivity contribution is -0.139. The van der Waals surface area contributed by atoms with Gasteiger partial charge in [-0.05, 0) is 12.8 Å². The summed E-state index contributed by atoms with van der Waals surface area (Å²) < 4.78 is 0. The molecule has 9 heteroatoms. The third-order valence-corrected chi connectivity index (χ3v) is 3.02. The van der Waals surface area contributed by atoms with Crippen LogP contribution in [0.4, 0.5) is 4.79 Å². The summed E-state index contributed by atoms with van der Waals surface area (Å²) in [7, 11) is 1.62. The van der Waals surface area contributed by atoms with Crippen LogP contribution in [0.3, 0.4) is 0 Å². The number of nitrogens with two attached hydrogens (primary N) is 1. The van der Waals surface area contributed by atoms with Crippen LogP contribution in [-0.2, 0) is 14.4 Å². The van der Waals surface area contributed by atoms with Crippen LogP contribution in [0.2, 0.25) is 0 Å². The van der Waals surface area contributed by atoms with Crippen LogP contribution >= 0.6 is 0 Å². The van der Waals surface area contributed by atoms with E-state index in [1.165, 1.54) is 4.90 Å². The zero-order valence-corrected chi connectivity index (χ0v) is 11.1. The Morgan fingerprint density at radius 2 is 2.15 bits per heavy atom. The molecule has 1 aliphatic heterocycles. The summed E-state index contributed by atoms with van der Waals surface area (Å²) in [6.45, 7) is 0.536. The highest BCUT2D eigenvalue weighted by Crippen LogP contribution is 2.08. The standard InChI is InChI=1S/C11H18N4O5/c1-15-5-4-6(9(15)17)13-11(20)14-7(10(18)19)2-3-8(12)16/h6-7H,2-5H2,1H3,(H2,12,16)(H,18,19)(H2,13,14,20)/t6?,7-/m1/s1. The Kier molecular flexibility index (Phi) is 5.30. The van der Waals surface area contributed by atoms with Crippen molar-refractivity contribution < 1.29 is 24.3 Å². The number of amides is 4. The van der Waals surface area contributed by atoms with Gasteiger partial charge in [0.25, 0.3) is 0 Å². The molecule has 0 radical (unpaired) electrons. The Labute approximate surface area is 115 Å². The van der Waals surface area contributed by atoms with Crippen LogP contribution in [0.25, 0.3) is 0 Å². The normalized spacial score (nSPS) is 19.6. The van der Waals surface area contributed by atoms with Crippen molar-refractivity contribution in [2.24, 2.45) is 5.73 Å². The average Bonchev–Trinajstić information content (AvgIpc) is 2.65. The molecule has 0 spiro atoms. The number of carboxylic acid groups (broad SMARTS) is 1. The quantitative estimate of drug-likeness (QED) is 0.457. The monoisotopic (exact) mass is 286 g/mol. The summed E-state index contributed by atoms with van der Waals surface area (Å²) in [4.78, 5) is 46.3. The number of nitrogens with zero attached hydrogens (tertiary/aromatic N) is 1. The van der Waals surface area contributed by atoms with Crippen LogP contribution in [0.15, 0.2) is 0 Å². The molecule has 0 aliphatic carbocycles. The van der Waals surface area contributed by atoms with Gasteiger partial charge < -0.3 is 26.4 Å². The highest BCUT2D eigenvalue weighted by molar-refractivity contribution is 5.90. The van der Waals surface area contributed by atoms with Gasteiger partial charge in [0.15, 0.2) is 0 Å². The fourth-order valence-electron chi connectivity index (χ4n) is 1.86. The van der Waals surface area contributed by atoms with Crippen molar-refractivity contribution >= 4 is 23.8 Å². The van der Waals surface area contributed by atoms with E-state index in [1.54, 1.807) is 7.05 Å². The Morgan fingerprint density at radius 3 is 2.60 bits per heavy atom. The summed E-state index contributed by atoms with van der Waals surface area (Å²) in [5.74, 6) is -2.13. The number of carbonyl (C=O) groups excluding carboxylic acids is 3. The van der Waals surface area contributed by atoms with Crippen molar-refractivity contribution in [2.75, 3.05) is 13.6 Å². The number of hydrogen-bond acceptors (Lipinski definition) is 4. The van der Waals surface area contributed by atoms with Gasteiger partial charge in [-0.3, -0.25) is 9.59 Å². The fraction of sp³-hybridized carbons (Fsp3) is 0.636. The number of nitrogens with one attached hydrogen (secondary N) is 2. The van der Waals surface area contributed by atoms with Gasteiger partial charge >= 0.3 is 12.0 Å². The SMILES string of the molecule is CN1CCC(NC(=O)N[C@H](CCC(N)=O)C(=O)O)C1=O. The van der Waals surface area contributed by atoms with E-state index < -0.39 is 30.0 Å². The Morgan fingerprint density at radius 1 is 1.50 bits per heavy atom. The molecular weight excluding hydrogens is 268 g/mol. The molecule has 0 saturated carbocycles. The minimum absolute atomic E-state index is 0.101. The van der Waals surface area contributed by atoms with Gasteiger partial charge in [0.2, 0.25) is 11.8 Å². The van der Waals surface area contributed by atoms with E-state index in [9.17, 15) is 19.2 Å². The van der Waals surface area contributed by atoms with Crippen LogP contribution in [0.5, 0.6) is 0 Å². The molecule has 1 saturated heterocycles. The highest BCUT2D eigenvalue weighted by Gasteiger charge is 2.31. The summed E-state index contributed by atoms with van der Waals surface area (Å²) in [5.41, 5.74) is 4.93. The first kappa shape index (κ1) is 15.7. The van der Waals surface area contributed by atoms with E-state index in [2.05, 4.69) is 10.6 Å². The number of hydrogen-bond donors (Lipinski definition) is 4. The van der Waals surface area contributed by atoms with Gasteiger partial charge in [-0.15, -0.1) is 0 Å². The smallest absolute Gasteiger partial charge is 0.326 e. The van der Waals surface area contributed by atoms with Crippen molar-refractivity contribution in [3.05, 3.63) is 0 Å². The molecule has 20 heavy (non-hydrogen) atoms. The Bertz CT molecular complexity index is 425. The molecule has 2 atom stereocenters. The maximum absolute atomic E-state index is 11.6. The van der Waals surface area contributed by atoms with E-state index in [0.29, 0.717) is 13.0 Å².